The Balaban J connectivity index is 4.40. The molecule has 0 saturated carbocycles. The fraction of sp³-hybridized carbons (Fsp3) is 0.333. The molecule has 9 heavy (non-hydrogen) atoms. The van der Waals surface area contributed by atoms with E-state index in [-0.39, 0.29) is 0 Å². The fourth-order valence-corrected chi connectivity index (χ4v) is 0.187. The van der Waals surface area contributed by atoms with Gasteiger partial charge in [-0.05, 0) is 12.6 Å². The minimum absolute atomic E-state index is 2.85. The van der Waals surface area contributed by atoms with Crippen molar-refractivity contribution in [1.29, 1.82) is 0 Å². The predicted molar refractivity (Wildman–Crippen MR) is 22.9 cm³/mol. The summed E-state index contributed by atoms with van der Waals surface area (Å²) in [7, 11) is 0. The Morgan fingerprint density at radius 1 is 1.11 bits per heavy atom. The van der Waals surface area contributed by atoms with E-state index in [9.17, 15) is 22.0 Å². The second-order valence-electron chi connectivity index (χ2n) is 1.09. The lowest BCUT2D eigenvalue weighted by Gasteiger charge is -2.01. The molecular weight excluding hydrogens is 163 g/mol. The molecule has 0 fully saturated rings. The Bertz CT molecular complexity index is 130. The summed E-state index contributed by atoms with van der Waals surface area (Å²) >= 11 is 3.04. The molecule has 0 saturated heterocycles. The molecule has 0 bridgehead atoms. The average Bonchev–Trinajstić information content (AvgIpc) is 1.62. The van der Waals surface area contributed by atoms with E-state index in [0.29, 0.717) is 0 Å². The first-order valence-corrected chi connectivity index (χ1v) is 2.06. The molecule has 0 aromatic carbocycles. The van der Waals surface area contributed by atoms with Gasteiger partial charge in [-0.1, -0.05) is 0 Å². The zero-order chi connectivity index (χ0) is 7.65. The zero-order valence-corrected chi connectivity index (χ0v) is 4.61. The Hall–Kier alpha value is -0.260. The number of hydrogen-bond donors (Lipinski definition) is 0. The van der Waals surface area contributed by atoms with Crippen molar-refractivity contribution in [1.82, 2.24) is 0 Å². The van der Waals surface area contributed by atoms with Crippen LogP contribution in [0.25, 0.3) is 0 Å². The molecule has 0 N–H and O–H groups in total. The molecule has 0 nitrogen and oxygen atoms in total. The molecule has 0 aromatic rings. The molecule has 6 heteroatoms. The third-order valence-electron chi connectivity index (χ3n) is 0.421. The molecular formula is C3F5S. The maximum atomic E-state index is 11.3. The molecule has 1 radical (unpaired) electrons. The first-order valence-electron chi connectivity index (χ1n) is 1.65. The van der Waals surface area contributed by atoms with E-state index in [1.165, 1.54) is 0 Å². The van der Waals surface area contributed by atoms with Gasteiger partial charge in [-0.3, -0.25) is 0 Å². The molecule has 0 amide bonds. The Labute approximate surface area is 52.8 Å². The maximum absolute atomic E-state index is 11.3. The van der Waals surface area contributed by atoms with Gasteiger partial charge in [-0.2, -0.15) is 22.0 Å². The molecule has 0 aliphatic heterocycles. The first-order chi connectivity index (χ1) is 3.85. The monoisotopic (exact) mass is 163 g/mol. The third-order valence-corrected chi connectivity index (χ3v) is 0.601. The molecule has 0 aliphatic rings. The summed E-state index contributed by atoms with van der Waals surface area (Å²) in [6.45, 7) is 0. The van der Waals surface area contributed by atoms with Gasteiger partial charge in [-0.25, -0.2) is 0 Å². The van der Waals surface area contributed by atoms with E-state index in [1.807, 2.05) is 0 Å². The number of halogens is 5. The third kappa shape index (κ3) is 2.69. The lowest BCUT2D eigenvalue weighted by Crippen LogP contribution is -2.06. The highest BCUT2D eigenvalue weighted by Gasteiger charge is 2.35. The predicted octanol–water partition coefficient (Wildman–Crippen LogP) is 2.85. The lowest BCUT2D eigenvalue weighted by molar-refractivity contribution is 0.110. The molecule has 0 aromatic heterocycles. The highest BCUT2D eigenvalue weighted by molar-refractivity contribution is 7.81. The van der Waals surface area contributed by atoms with Gasteiger partial charge < -0.3 is 0 Å². The molecule has 0 aliphatic carbocycles. The van der Waals surface area contributed by atoms with Gasteiger partial charge in [-0.15, -0.1) is 0 Å². The van der Waals surface area contributed by atoms with Crippen molar-refractivity contribution in [2.24, 2.45) is 0 Å². The van der Waals surface area contributed by atoms with Crippen LogP contribution in [0, 0.1) is 0 Å². The smallest absolute Gasteiger partial charge is 0.198 e. The Kier molecular flexibility index (Phi) is 2.48. The van der Waals surface area contributed by atoms with Crippen LogP contribution in [-0.2, 0) is 0 Å². The van der Waals surface area contributed by atoms with Crippen LogP contribution >= 0.6 is 12.6 Å². The highest BCUT2D eigenvalue weighted by Crippen LogP contribution is 2.31. The minimum atomic E-state index is -4.47. The van der Waals surface area contributed by atoms with Crippen molar-refractivity contribution in [2.75, 3.05) is 0 Å². The van der Waals surface area contributed by atoms with Crippen LogP contribution in [0.4, 0.5) is 22.0 Å². The van der Waals surface area contributed by atoms with Crippen LogP contribution in [0.1, 0.15) is 0 Å². The van der Waals surface area contributed by atoms with Crippen molar-refractivity contribution < 1.29 is 22.0 Å². The van der Waals surface area contributed by atoms with Crippen molar-refractivity contribution in [2.45, 2.75) is 5.25 Å². The van der Waals surface area contributed by atoms with E-state index in [0.717, 1.165) is 0 Å². The van der Waals surface area contributed by atoms with Gasteiger partial charge in [0.25, 0.3) is 0 Å². The minimum Gasteiger partial charge on any atom is -0.198 e. The largest absolute Gasteiger partial charge is 0.359 e. The fourth-order valence-electron chi connectivity index (χ4n) is 0.110. The quantitative estimate of drug-likeness (QED) is 0.521. The molecule has 53 valence electrons. The van der Waals surface area contributed by atoms with Crippen molar-refractivity contribution in [3.8, 4) is 0 Å². The Morgan fingerprint density at radius 2 is 1.44 bits per heavy atom. The summed E-state index contributed by atoms with van der Waals surface area (Å²) in [4.78, 5) is 0. The van der Waals surface area contributed by atoms with Crippen molar-refractivity contribution in [3.05, 3.63) is 11.9 Å². The second kappa shape index (κ2) is 2.55. The average molecular weight is 163 g/mol. The van der Waals surface area contributed by atoms with Crippen LogP contribution in [0.5, 0.6) is 0 Å². The lowest BCUT2D eigenvalue weighted by atomic mass is 10.6. The van der Waals surface area contributed by atoms with Gasteiger partial charge in [0.2, 0.25) is 5.83 Å². The highest BCUT2D eigenvalue weighted by atomic mass is 32.1. The zero-order valence-electron chi connectivity index (χ0n) is 3.80. The van der Waals surface area contributed by atoms with E-state index in [2.05, 4.69) is 12.6 Å². The van der Waals surface area contributed by atoms with Crippen LogP contribution in [-0.4, -0.2) is 5.25 Å². The van der Waals surface area contributed by atoms with Crippen LogP contribution in [0.3, 0.4) is 0 Å². The normalized spacial score (nSPS) is 11.3. The summed E-state index contributed by atoms with van der Waals surface area (Å²) in [5.74, 6) is -2.85. The standard InChI is InChI=1S/C3F5S/c4-1(2(5)6)3(7,8)9. The summed E-state index contributed by atoms with van der Waals surface area (Å²) in [6, 6.07) is 0. The molecule has 0 atom stereocenters. The Morgan fingerprint density at radius 3 is 1.44 bits per heavy atom. The maximum Gasteiger partial charge on any atom is 0.359 e. The number of hydrogen-bond acceptors (Lipinski definition) is 0. The van der Waals surface area contributed by atoms with Crippen LogP contribution in [0.15, 0.2) is 11.9 Å². The van der Waals surface area contributed by atoms with Gasteiger partial charge in [0.15, 0.2) is 0 Å². The summed E-state index contributed by atoms with van der Waals surface area (Å²) in [5.41, 5.74) is 0. The van der Waals surface area contributed by atoms with E-state index >= 15 is 0 Å². The number of rotatable bonds is 1. The molecule has 0 unspecified atom stereocenters. The SMILES string of the molecule is FC(F)=C(F)C(F)(F)[S]. The van der Waals surface area contributed by atoms with E-state index < -0.39 is 17.2 Å². The molecule has 0 spiro atoms. The number of alkyl halides is 2. The van der Waals surface area contributed by atoms with Crippen LogP contribution < -0.4 is 0 Å². The van der Waals surface area contributed by atoms with Gasteiger partial charge in [0, 0.05) is 0 Å². The summed E-state index contributed by atoms with van der Waals surface area (Å²) < 4.78 is 55.6. The van der Waals surface area contributed by atoms with Crippen LogP contribution in [0.2, 0.25) is 0 Å². The second-order valence-corrected chi connectivity index (χ2v) is 1.60. The van der Waals surface area contributed by atoms with Crippen molar-refractivity contribution in [3.63, 3.8) is 0 Å². The van der Waals surface area contributed by atoms with E-state index in [1.54, 1.807) is 0 Å². The van der Waals surface area contributed by atoms with Gasteiger partial charge >= 0.3 is 11.3 Å². The van der Waals surface area contributed by atoms with Gasteiger partial charge in [0.1, 0.15) is 0 Å². The molecule has 0 rings (SSSR count). The van der Waals surface area contributed by atoms with Gasteiger partial charge in [0.05, 0.1) is 0 Å². The molecule has 0 heterocycles. The first kappa shape index (κ1) is 8.74. The topological polar surface area (TPSA) is 0 Å². The summed E-state index contributed by atoms with van der Waals surface area (Å²) in [5, 5.41) is -4.47. The van der Waals surface area contributed by atoms with E-state index in [4.69, 9.17) is 0 Å². The van der Waals surface area contributed by atoms with Crippen molar-refractivity contribution >= 4 is 12.6 Å². The summed E-state index contributed by atoms with van der Waals surface area (Å²) in [6.07, 6.45) is -3.07.